The first-order valence-corrected chi connectivity index (χ1v) is 7.76. The number of pyridine rings is 1. The Kier molecular flexibility index (Phi) is 4.30. The fourth-order valence-corrected chi connectivity index (χ4v) is 3.15. The summed E-state index contributed by atoms with van der Waals surface area (Å²) in [6.07, 6.45) is 2.17. The molecule has 1 aliphatic heterocycles. The molecule has 2 aromatic rings. The molecule has 1 atom stereocenters. The summed E-state index contributed by atoms with van der Waals surface area (Å²) >= 11 is 0. The highest BCUT2D eigenvalue weighted by Gasteiger charge is 2.26. The highest BCUT2D eigenvalue weighted by molar-refractivity contribution is 5.94. The second-order valence-corrected chi connectivity index (χ2v) is 5.99. The minimum Gasteiger partial charge on any atom is -0.477 e. The lowest BCUT2D eigenvalue weighted by molar-refractivity contribution is 0.0695. The van der Waals surface area contributed by atoms with Crippen LogP contribution in [0.15, 0.2) is 23.6 Å². The number of nitrogens with zero attached hydrogens (tertiary/aromatic N) is 2. The molecule has 0 amide bonds. The maximum absolute atomic E-state index is 15.1. The third kappa shape index (κ3) is 2.78. The summed E-state index contributed by atoms with van der Waals surface area (Å²) in [4.78, 5) is 25.1. The molecule has 6 nitrogen and oxygen atoms in total. The van der Waals surface area contributed by atoms with Gasteiger partial charge in [0.05, 0.1) is 10.9 Å². The molecular weight excluding hydrogens is 332 g/mol. The molecule has 1 fully saturated rings. The minimum atomic E-state index is -1.47. The third-order valence-electron chi connectivity index (χ3n) is 4.30. The van der Waals surface area contributed by atoms with Crippen molar-refractivity contribution in [1.82, 2.24) is 9.88 Å². The number of carboxylic acid groups (broad SMARTS) is 1. The Bertz CT molecular complexity index is 939. The number of carboxylic acids is 1. The van der Waals surface area contributed by atoms with Crippen LogP contribution in [0.4, 0.5) is 14.5 Å². The summed E-state index contributed by atoms with van der Waals surface area (Å²) in [7, 11) is 0. The molecule has 0 radical (unpaired) electrons. The van der Waals surface area contributed by atoms with Gasteiger partial charge in [-0.05, 0) is 13.0 Å². The number of hydrogen-bond acceptors (Lipinski definition) is 4. The predicted octanol–water partition coefficient (Wildman–Crippen LogP) is 1.88. The van der Waals surface area contributed by atoms with Gasteiger partial charge in [0.25, 0.3) is 0 Å². The Labute approximate surface area is 142 Å². The maximum atomic E-state index is 15.1. The number of aromatic nitrogens is 1. The first-order chi connectivity index (χ1) is 11.8. The Hall–Kier alpha value is -2.74. The molecule has 1 aromatic heterocycles. The first-order valence-electron chi connectivity index (χ1n) is 7.76. The van der Waals surface area contributed by atoms with E-state index in [4.69, 9.17) is 5.11 Å². The van der Waals surface area contributed by atoms with Crippen LogP contribution in [-0.4, -0.2) is 41.3 Å². The molecule has 1 unspecified atom stereocenters. The second-order valence-electron chi connectivity index (χ2n) is 5.99. The van der Waals surface area contributed by atoms with Gasteiger partial charge in [0, 0.05) is 38.1 Å². The average Bonchev–Trinajstić information content (AvgIpc) is 2.55. The molecule has 2 N–H and O–H groups in total. The number of fused-ring (bicyclic) bond motifs is 1. The predicted molar refractivity (Wildman–Crippen MR) is 91.1 cm³/mol. The molecule has 132 valence electrons. The lowest BCUT2D eigenvalue weighted by Crippen LogP contribution is -2.49. The number of piperazine rings is 1. The molecule has 1 aliphatic rings. The Morgan fingerprint density at radius 3 is 2.80 bits per heavy atom. The average molecular weight is 349 g/mol. The SMILES string of the molecule is C=Cn1cc(C(=O)O)c(=O)c2cc(F)c(N3CCNC(C)C3)c(F)c21. The van der Waals surface area contributed by atoms with Crippen molar-refractivity contribution in [3.05, 3.63) is 46.3 Å². The zero-order valence-electron chi connectivity index (χ0n) is 13.6. The van der Waals surface area contributed by atoms with Gasteiger partial charge < -0.3 is 19.9 Å². The van der Waals surface area contributed by atoms with E-state index >= 15 is 4.39 Å². The monoisotopic (exact) mass is 349 g/mol. The molecule has 1 aromatic carbocycles. The first kappa shape index (κ1) is 17.1. The van der Waals surface area contributed by atoms with Crippen molar-refractivity contribution in [2.24, 2.45) is 0 Å². The summed E-state index contributed by atoms with van der Waals surface area (Å²) < 4.78 is 30.9. The van der Waals surface area contributed by atoms with Crippen molar-refractivity contribution in [3.8, 4) is 0 Å². The van der Waals surface area contributed by atoms with E-state index in [9.17, 15) is 14.0 Å². The largest absolute Gasteiger partial charge is 0.477 e. The van der Waals surface area contributed by atoms with E-state index in [-0.39, 0.29) is 22.6 Å². The fourth-order valence-electron chi connectivity index (χ4n) is 3.15. The summed E-state index contributed by atoms with van der Waals surface area (Å²) in [5.41, 5.74) is -1.92. The van der Waals surface area contributed by atoms with E-state index in [0.717, 1.165) is 16.8 Å². The summed E-state index contributed by atoms with van der Waals surface area (Å²) in [6, 6.07) is 0.953. The highest BCUT2D eigenvalue weighted by Crippen LogP contribution is 2.30. The van der Waals surface area contributed by atoms with Crippen molar-refractivity contribution in [2.75, 3.05) is 24.5 Å². The Morgan fingerprint density at radius 2 is 2.20 bits per heavy atom. The number of carbonyl (C=O) groups is 1. The standard InChI is InChI=1S/C17H17F2N3O3/c1-3-21-8-11(17(24)25)16(23)10-6-12(18)15(13(19)14(10)21)22-5-4-20-9(2)7-22/h3,6,8-9,20H,1,4-5,7H2,2H3,(H,24,25). The third-order valence-corrected chi connectivity index (χ3v) is 4.30. The number of aromatic carboxylic acids is 1. The van der Waals surface area contributed by atoms with E-state index in [0.29, 0.717) is 19.6 Å². The number of hydrogen-bond donors (Lipinski definition) is 2. The minimum absolute atomic E-state index is 0.0548. The van der Waals surface area contributed by atoms with Crippen molar-refractivity contribution < 1.29 is 18.7 Å². The molecule has 0 aliphatic carbocycles. The fraction of sp³-hybridized carbons (Fsp3) is 0.294. The smallest absolute Gasteiger partial charge is 0.341 e. The Morgan fingerprint density at radius 1 is 1.48 bits per heavy atom. The molecule has 8 heteroatoms. The highest BCUT2D eigenvalue weighted by atomic mass is 19.1. The normalized spacial score (nSPS) is 17.7. The van der Waals surface area contributed by atoms with E-state index in [1.54, 1.807) is 4.90 Å². The van der Waals surface area contributed by atoms with E-state index < -0.39 is 28.6 Å². The molecule has 0 bridgehead atoms. The number of halogens is 2. The summed E-state index contributed by atoms with van der Waals surface area (Å²) in [6.45, 7) is 6.81. The van der Waals surface area contributed by atoms with Gasteiger partial charge in [-0.2, -0.15) is 0 Å². The van der Waals surface area contributed by atoms with Crippen LogP contribution in [0.1, 0.15) is 17.3 Å². The van der Waals surface area contributed by atoms with Crippen LogP contribution in [0.25, 0.3) is 17.1 Å². The summed E-state index contributed by atoms with van der Waals surface area (Å²) in [5.74, 6) is -3.27. The van der Waals surface area contributed by atoms with Crippen LogP contribution in [0.3, 0.4) is 0 Å². The van der Waals surface area contributed by atoms with E-state index in [1.807, 2.05) is 6.92 Å². The Balaban J connectivity index is 2.33. The van der Waals surface area contributed by atoms with Crippen LogP contribution in [-0.2, 0) is 0 Å². The maximum Gasteiger partial charge on any atom is 0.341 e. The molecular formula is C17H17F2N3O3. The zero-order chi connectivity index (χ0) is 18.3. The van der Waals surface area contributed by atoms with Gasteiger partial charge in [0.2, 0.25) is 5.43 Å². The quantitative estimate of drug-likeness (QED) is 0.885. The summed E-state index contributed by atoms with van der Waals surface area (Å²) in [5, 5.41) is 12.0. The lowest BCUT2D eigenvalue weighted by atomic mass is 10.1. The topological polar surface area (TPSA) is 74.6 Å². The van der Waals surface area contributed by atoms with Crippen LogP contribution >= 0.6 is 0 Å². The van der Waals surface area contributed by atoms with Crippen LogP contribution in [0.5, 0.6) is 0 Å². The van der Waals surface area contributed by atoms with Crippen molar-refractivity contribution >= 4 is 28.8 Å². The molecule has 2 heterocycles. The van der Waals surface area contributed by atoms with Gasteiger partial charge in [-0.25, -0.2) is 13.6 Å². The van der Waals surface area contributed by atoms with Gasteiger partial charge in [0.15, 0.2) is 5.82 Å². The van der Waals surface area contributed by atoms with Crippen molar-refractivity contribution in [1.29, 1.82) is 0 Å². The van der Waals surface area contributed by atoms with Crippen molar-refractivity contribution in [2.45, 2.75) is 13.0 Å². The number of nitrogens with one attached hydrogen (secondary N) is 1. The van der Waals surface area contributed by atoms with E-state index in [2.05, 4.69) is 11.9 Å². The van der Waals surface area contributed by atoms with Crippen LogP contribution in [0.2, 0.25) is 0 Å². The number of anilines is 1. The van der Waals surface area contributed by atoms with Gasteiger partial charge in [-0.1, -0.05) is 6.58 Å². The van der Waals surface area contributed by atoms with Gasteiger partial charge >= 0.3 is 5.97 Å². The number of rotatable bonds is 3. The molecule has 25 heavy (non-hydrogen) atoms. The molecule has 1 saturated heterocycles. The lowest BCUT2D eigenvalue weighted by Gasteiger charge is -2.34. The van der Waals surface area contributed by atoms with E-state index in [1.165, 1.54) is 6.20 Å². The molecule has 0 saturated carbocycles. The molecule has 3 rings (SSSR count). The van der Waals surface area contributed by atoms with Crippen LogP contribution in [0, 0.1) is 11.6 Å². The number of benzene rings is 1. The van der Waals surface area contributed by atoms with Crippen molar-refractivity contribution in [3.63, 3.8) is 0 Å². The van der Waals surface area contributed by atoms with Gasteiger partial charge in [0.1, 0.15) is 17.1 Å². The second kappa shape index (κ2) is 6.29. The van der Waals surface area contributed by atoms with Gasteiger partial charge in [-0.3, -0.25) is 4.79 Å². The van der Waals surface area contributed by atoms with Crippen LogP contribution < -0.4 is 15.6 Å². The molecule has 0 spiro atoms. The zero-order valence-corrected chi connectivity index (χ0v) is 13.6. The van der Waals surface area contributed by atoms with Gasteiger partial charge in [-0.15, -0.1) is 0 Å².